The molecule has 1 saturated carbocycles. The molecule has 1 fully saturated rings. The smallest absolute Gasteiger partial charge is 0.312 e. The number of aryl methyl sites for hydroxylation is 1. The molecule has 0 N–H and O–H groups in total. The largest absolute Gasteiger partial charge is 0.462 e. The van der Waals surface area contributed by atoms with Gasteiger partial charge in [0, 0.05) is 5.56 Å². The van der Waals surface area contributed by atoms with Gasteiger partial charge in [-0.3, -0.25) is 4.79 Å². The maximum Gasteiger partial charge on any atom is 0.312 e. The van der Waals surface area contributed by atoms with Crippen LogP contribution in [0.4, 0.5) is 0 Å². The van der Waals surface area contributed by atoms with E-state index in [0.717, 1.165) is 31.2 Å². The number of hydrogen-bond donors (Lipinski definition) is 0. The summed E-state index contributed by atoms with van der Waals surface area (Å²) in [6.45, 7) is 1.85. The van der Waals surface area contributed by atoms with Gasteiger partial charge in [0.15, 0.2) is 0 Å². The minimum Gasteiger partial charge on any atom is -0.462 e. The van der Waals surface area contributed by atoms with E-state index in [0.29, 0.717) is 17.3 Å². The van der Waals surface area contributed by atoms with Gasteiger partial charge in [-0.1, -0.05) is 37.5 Å². The van der Waals surface area contributed by atoms with E-state index in [1.54, 1.807) is 0 Å². The van der Waals surface area contributed by atoms with E-state index in [9.17, 15) is 4.79 Å². The SMILES string of the molecule is Cc1oc(-c2ccccc2)nc1CC(=O)OC1CCCCCCC1. The second-order valence-electron chi connectivity index (χ2n) is 6.52. The minimum atomic E-state index is -0.198. The van der Waals surface area contributed by atoms with Crippen LogP contribution in [0.2, 0.25) is 0 Å². The summed E-state index contributed by atoms with van der Waals surface area (Å²) in [6, 6.07) is 9.73. The van der Waals surface area contributed by atoms with Crippen LogP contribution in [0, 0.1) is 6.92 Å². The van der Waals surface area contributed by atoms with Gasteiger partial charge in [0.1, 0.15) is 11.9 Å². The molecule has 0 radical (unpaired) electrons. The Balaban J connectivity index is 1.61. The first-order valence-electron chi connectivity index (χ1n) is 8.93. The van der Waals surface area contributed by atoms with Gasteiger partial charge in [-0.25, -0.2) is 4.98 Å². The Bertz CT molecular complexity index is 655. The van der Waals surface area contributed by atoms with Gasteiger partial charge in [-0.2, -0.15) is 0 Å². The molecule has 4 nitrogen and oxygen atoms in total. The zero-order valence-electron chi connectivity index (χ0n) is 14.3. The molecule has 0 amide bonds. The number of esters is 1. The van der Waals surface area contributed by atoms with Crippen molar-refractivity contribution in [3.05, 3.63) is 41.8 Å². The van der Waals surface area contributed by atoms with E-state index in [1.165, 1.54) is 19.3 Å². The number of benzene rings is 1. The Hall–Kier alpha value is -2.10. The average molecular weight is 327 g/mol. The lowest BCUT2D eigenvalue weighted by molar-refractivity contribution is -0.149. The van der Waals surface area contributed by atoms with Crippen LogP contribution < -0.4 is 0 Å². The van der Waals surface area contributed by atoms with Crippen LogP contribution in [0.15, 0.2) is 34.7 Å². The second-order valence-corrected chi connectivity index (χ2v) is 6.52. The predicted octanol–water partition coefficient (Wildman–Crippen LogP) is 4.85. The quantitative estimate of drug-likeness (QED) is 0.753. The number of carbonyl (C=O) groups excluding carboxylic acids is 1. The Kier molecular flexibility index (Phi) is 5.68. The maximum absolute atomic E-state index is 12.3. The Labute approximate surface area is 143 Å². The van der Waals surface area contributed by atoms with E-state index >= 15 is 0 Å². The molecule has 0 atom stereocenters. The Morgan fingerprint density at radius 1 is 1.12 bits per heavy atom. The molecule has 0 aliphatic heterocycles. The van der Waals surface area contributed by atoms with Crippen molar-refractivity contribution in [1.29, 1.82) is 0 Å². The monoisotopic (exact) mass is 327 g/mol. The zero-order chi connectivity index (χ0) is 16.8. The molecule has 0 unspecified atom stereocenters. The van der Waals surface area contributed by atoms with Crippen molar-refractivity contribution >= 4 is 5.97 Å². The third-order valence-corrected chi connectivity index (χ3v) is 4.58. The summed E-state index contributed by atoms with van der Waals surface area (Å²) in [4.78, 5) is 16.8. The molecule has 24 heavy (non-hydrogen) atoms. The van der Waals surface area contributed by atoms with Crippen molar-refractivity contribution in [3.63, 3.8) is 0 Å². The van der Waals surface area contributed by atoms with Crippen LogP contribution in [0.1, 0.15) is 56.4 Å². The maximum atomic E-state index is 12.3. The van der Waals surface area contributed by atoms with Crippen molar-refractivity contribution < 1.29 is 13.9 Å². The molecule has 3 rings (SSSR count). The van der Waals surface area contributed by atoms with Gasteiger partial charge >= 0.3 is 5.97 Å². The normalized spacial score (nSPS) is 16.4. The number of aromatic nitrogens is 1. The molecule has 1 aliphatic rings. The average Bonchev–Trinajstić information content (AvgIpc) is 2.92. The molecule has 1 aliphatic carbocycles. The molecular formula is C20H25NO3. The van der Waals surface area contributed by atoms with Crippen molar-refractivity contribution in [2.75, 3.05) is 0 Å². The van der Waals surface area contributed by atoms with E-state index < -0.39 is 0 Å². The standard InChI is InChI=1S/C20H25NO3/c1-15-18(21-20(23-15)16-10-6-5-7-11-16)14-19(22)24-17-12-8-3-2-4-9-13-17/h5-7,10-11,17H,2-4,8-9,12-14H2,1H3. The fourth-order valence-corrected chi connectivity index (χ4v) is 3.20. The van der Waals surface area contributed by atoms with Gasteiger partial charge in [0.2, 0.25) is 5.89 Å². The van der Waals surface area contributed by atoms with Crippen LogP contribution >= 0.6 is 0 Å². The van der Waals surface area contributed by atoms with Gasteiger partial charge in [0.05, 0.1) is 12.1 Å². The summed E-state index contributed by atoms with van der Waals surface area (Å²) in [5.74, 6) is 1.04. The lowest BCUT2D eigenvalue weighted by Crippen LogP contribution is -2.21. The molecule has 0 saturated heterocycles. The molecular weight excluding hydrogens is 302 g/mol. The van der Waals surface area contributed by atoms with Gasteiger partial charge in [-0.15, -0.1) is 0 Å². The van der Waals surface area contributed by atoms with Crippen LogP contribution in [-0.2, 0) is 16.0 Å². The number of hydrogen-bond acceptors (Lipinski definition) is 4. The van der Waals surface area contributed by atoms with Crippen molar-refractivity contribution in [2.45, 2.75) is 64.4 Å². The highest BCUT2D eigenvalue weighted by molar-refractivity contribution is 5.72. The molecule has 0 bridgehead atoms. The third kappa shape index (κ3) is 4.47. The third-order valence-electron chi connectivity index (χ3n) is 4.58. The minimum absolute atomic E-state index is 0.0681. The topological polar surface area (TPSA) is 52.3 Å². The number of nitrogens with zero attached hydrogens (tertiary/aromatic N) is 1. The second kappa shape index (κ2) is 8.13. The highest BCUT2D eigenvalue weighted by Crippen LogP contribution is 2.23. The summed E-state index contributed by atoms with van der Waals surface area (Å²) in [6.07, 6.45) is 8.32. The number of oxazole rings is 1. The van der Waals surface area contributed by atoms with Crippen LogP contribution in [0.5, 0.6) is 0 Å². The summed E-state index contributed by atoms with van der Waals surface area (Å²) in [5.41, 5.74) is 1.59. The first-order valence-corrected chi connectivity index (χ1v) is 8.93. The molecule has 4 heteroatoms. The fourth-order valence-electron chi connectivity index (χ4n) is 3.20. The summed E-state index contributed by atoms with van der Waals surface area (Å²) < 4.78 is 11.4. The summed E-state index contributed by atoms with van der Waals surface area (Å²) >= 11 is 0. The Morgan fingerprint density at radius 3 is 2.50 bits per heavy atom. The predicted molar refractivity (Wildman–Crippen MR) is 92.6 cm³/mol. The summed E-state index contributed by atoms with van der Waals surface area (Å²) in [7, 11) is 0. The highest BCUT2D eigenvalue weighted by Gasteiger charge is 2.19. The number of ether oxygens (including phenoxy) is 1. The van der Waals surface area contributed by atoms with Gasteiger partial charge in [-0.05, 0) is 44.7 Å². The van der Waals surface area contributed by atoms with E-state index in [1.807, 2.05) is 37.3 Å². The number of rotatable bonds is 4. The molecule has 1 aromatic carbocycles. The highest BCUT2D eigenvalue weighted by atomic mass is 16.5. The lowest BCUT2D eigenvalue weighted by atomic mass is 9.98. The van der Waals surface area contributed by atoms with Gasteiger partial charge < -0.3 is 9.15 Å². The van der Waals surface area contributed by atoms with Crippen LogP contribution in [-0.4, -0.2) is 17.1 Å². The lowest BCUT2D eigenvalue weighted by Gasteiger charge is -2.19. The fraction of sp³-hybridized carbons (Fsp3) is 0.500. The molecule has 0 spiro atoms. The van der Waals surface area contributed by atoms with E-state index in [-0.39, 0.29) is 18.5 Å². The Morgan fingerprint density at radius 2 is 1.79 bits per heavy atom. The molecule has 128 valence electrons. The van der Waals surface area contributed by atoms with Gasteiger partial charge in [0.25, 0.3) is 0 Å². The van der Waals surface area contributed by atoms with E-state index in [2.05, 4.69) is 4.98 Å². The van der Waals surface area contributed by atoms with Crippen molar-refractivity contribution in [2.24, 2.45) is 0 Å². The first kappa shape index (κ1) is 16.7. The summed E-state index contributed by atoms with van der Waals surface area (Å²) in [5, 5.41) is 0. The molecule has 1 heterocycles. The van der Waals surface area contributed by atoms with E-state index in [4.69, 9.17) is 9.15 Å². The number of carbonyl (C=O) groups is 1. The zero-order valence-corrected chi connectivity index (χ0v) is 14.3. The van der Waals surface area contributed by atoms with Crippen LogP contribution in [0.3, 0.4) is 0 Å². The van der Waals surface area contributed by atoms with Crippen molar-refractivity contribution in [1.82, 2.24) is 4.98 Å². The van der Waals surface area contributed by atoms with Crippen LogP contribution in [0.25, 0.3) is 11.5 Å². The molecule has 1 aromatic heterocycles. The van der Waals surface area contributed by atoms with Crippen molar-refractivity contribution in [3.8, 4) is 11.5 Å². The first-order chi connectivity index (χ1) is 11.7. The molecule has 2 aromatic rings.